The summed E-state index contributed by atoms with van der Waals surface area (Å²) in [7, 11) is -2.92. The highest BCUT2D eigenvalue weighted by molar-refractivity contribution is 7.90. The molecule has 1 N–H and O–H groups in total. The molecule has 0 saturated carbocycles. The second-order valence-corrected chi connectivity index (χ2v) is 7.37. The average molecular weight is 265 g/mol. The molecule has 0 spiro atoms. The first kappa shape index (κ1) is 16.9. The normalized spacial score (nSPS) is 15.2. The molecule has 0 radical (unpaired) electrons. The maximum atomic E-state index is 11.0. The quantitative estimate of drug-likeness (QED) is 0.718. The number of hydrogen-bond acceptors (Lipinski definition) is 4. The van der Waals surface area contributed by atoms with Crippen LogP contribution in [0.15, 0.2) is 0 Å². The maximum absolute atomic E-state index is 11.0. The van der Waals surface area contributed by atoms with Crippen LogP contribution in [0.3, 0.4) is 0 Å². The zero-order chi connectivity index (χ0) is 13.7. The molecule has 0 aromatic rings. The van der Waals surface area contributed by atoms with E-state index < -0.39 is 15.9 Å². The van der Waals surface area contributed by atoms with Crippen LogP contribution in [-0.4, -0.2) is 55.2 Å². The van der Waals surface area contributed by atoms with Gasteiger partial charge in [-0.15, -0.1) is 0 Å². The van der Waals surface area contributed by atoms with Crippen molar-refractivity contribution in [3.8, 4) is 0 Å². The fourth-order valence-corrected chi connectivity index (χ4v) is 2.83. The second-order valence-electron chi connectivity index (χ2n) is 5.11. The number of aliphatic hydroxyl groups is 1. The largest absolute Gasteiger partial charge is 0.391 e. The van der Waals surface area contributed by atoms with Gasteiger partial charge in [-0.25, -0.2) is 8.42 Å². The lowest BCUT2D eigenvalue weighted by Gasteiger charge is -2.41. The molecule has 1 unspecified atom stereocenters. The van der Waals surface area contributed by atoms with Gasteiger partial charge in [-0.05, 0) is 39.8 Å². The van der Waals surface area contributed by atoms with Crippen LogP contribution in [-0.2, 0) is 9.84 Å². The third-order valence-corrected chi connectivity index (χ3v) is 4.42. The Bertz CT molecular complexity index is 308. The van der Waals surface area contributed by atoms with Crippen LogP contribution in [0.1, 0.15) is 40.5 Å². The van der Waals surface area contributed by atoms with Crippen molar-refractivity contribution < 1.29 is 13.5 Å². The number of nitrogens with zero attached hydrogens (tertiary/aromatic N) is 1. The molecule has 0 rings (SSSR count). The SMILES string of the molecule is CCN(CC)C(C)(C)C(O)CCCS(C)(=O)=O. The summed E-state index contributed by atoms with van der Waals surface area (Å²) >= 11 is 0. The predicted octanol–water partition coefficient (Wildman–Crippen LogP) is 1.29. The highest BCUT2D eigenvalue weighted by Gasteiger charge is 2.32. The summed E-state index contributed by atoms with van der Waals surface area (Å²) in [6, 6.07) is 0. The molecular weight excluding hydrogens is 238 g/mol. The van der Waals surface area contributed by atoms with Crippen LogP contribution in [0, 0.1) is 0 Å². The van der Waals surface area contributed by atoms with Crippen LogP contribution >= 0.6 is 0 Å². The van der Waals surface area contributed by atoms with Crippen molar-refractivity contribution in [2.24, 2.45) is 0 Å². The Morgan fingerprint density at radius 2 is 1.71 bits per heavy atom. The van der Waals surface area contributed by atoms with E-state index in [1.54, 1.807) is 0 Å². The standard InChI is InChI=1S/C12H27NO3S/c1-6-13(7-2)12(3,4)11(14)9-8-10-17(5,15)16/h11,14H,6-10H2,1-5H3. The van der Waals surface area contributed by atoms with Crippen molar-refractivity contribution in [2.45, 2.75) is 52.2 Å². The minimum atomic E-state index is -2.92. The molecule has 4 nitrogen and oxygen atoms in total. The van der Waals surface area contributed by atoms with Crippen LogP contribution in [0.4, 0.5) is 0 Å². The first-order chi connectivity index (χ1) is 7.65. The van der Waals surface area contributed by atoms with Crippen molar-refractivity contribution in [1.29, 1.82) is 0 Å². The summed E-state index contributed by atoms with van der Waals surface area (Å²) in [6.07, 6.45) is 1.78. The number of rotatable bonds is 8. The Morgan fingerprint density at radius 1 is 1.24 bits per heavy atom. The van der Waals surface area contributed by atoms with Gasteiger partial charge in [0.25, 0.3) is 0 Å². The molecule has 0 aliphatic rings. The lowest BCUT2D eigenvalue weighted by Crippen LogP contribution is -2.52. The lowest BCUT2D eigenvalue weighted by molar-refractivity contribution is -0.00930. The topological polar surface area (TPSA) is 57.6 Å². The molecule has 0 fully saturated rings. The first-order valence-corrected chi connectivity index (χ1v) is 8.32. The van der Waals surface area contributed by atoms with E-state index in [0.29, 0.717) is 12.8 Å². The molecule has 0 aromatic heterocycles. The molecule has 0 heterocycles. The maximum Gasteiger partial charge on any atom is 0.147 e. The zero-order valence-electron chi connectivity index (χ0n) is 11.7. The molecule has 0 aliphatic heterocycles. The van der Waals surface area contributed by atoms with Crippen molar-refractivity contribution in [3.05, 3.63) is 0 Å². The summed E-state index contributed by atoms with van der Waals surface area (Å²) in [4.78, 5) is 2.19. The molecule has 5 heteroatoms. The lowest BCUT2D eigenvalue weighted by atomic mass is 9.91. The average Bonchev–Trinajstić information content (AvgIpc) is 2.16. The van der Waals surface area contributed by atoms with E-state index in [1.165, 1.54) is 6.26 Å². The third-order valence-electron chi connectivity index (χ3n) is 3.39. The third kappa shape index (κ3) is 5.84. The summed E-state index contributed by atoms with van der Waals surface area (Å²) in [6.45, 7) is 9.90. The van der Waals surface area contributed by atoms with Crippen molar-refractivity contribution >= 4 is 9.84 Å². The van der Waals surface area contributed by atoms with Gasteiger partial charge < -0.3 is 5.11 Å². The number of hydrogen-bond donors (Lipinski definition) is 1. The van der Waals surface area contributed by atoms with E-state index >= 15 is 0 Å². The summed E-state index contributed by atoms with van der Waals surface area (Å²) in [5.41, 5.74) is -0.305. The van der Waals surface area contributed by atoms with E-state index in [0.717, 1.165) is 13.1 Å². The van der Waals surface area contributed by atoms with Gasteiger partial charge in [-0.2, -0.15) is 0 Å². The fourth-order valence-electron chi connectivity index (χ4n) is 2.14. The molecule has 0 aromatic carbocycles. The Balaban J connectivity index is 4.33. The second kappa shape index (κ2) is 6.71. The number of aliphatic hydroxyl groups excluding tert-OH is 1. The van der Waals surface area contributed by atoms with Gasteiger partial charge in [-0.3, -0.25) is 4.90 Å². The van der Waals surface area contributed by atoms with Gasteiger partial charge in [0.15, 0.2) is 0 Å². The van der Waals surface area contributed by atoms with E-state index in [-0.39, 0.29) is 11.3 Å². The Kier molecular flexibility index (Phi) is 6.66. The van der Waals surface area contributed by atoms with E-state index in [2.05, 4.69) is 18.7 Å². The molecular formula is C12H27NO3S. The molecule has 17 heavy (non-hydrogen) atoms. The van der Waals surface area contributed by atoms with Crippen LogP contribution < -0.4 is 0 Å². The summed E-state index contributed by atoms with van der Waals surface area (Å²) in [5.74, 6) is 0.151. The minimum Gasteiger partial charge on any atom is -0.391 e. The van der Waals surface area contributed by atoms with Gasteiger partial charge in [0, 0.05) is 17.5 Å². The molecule has 0 bridgehead atoms. The van der Waals surface area contributed by atoms with E-state index in [4.69, 9.17) is 0 Å². The van der Waals surface area contributed by atoms with Crippen LogP contribution in [0.25, 0.3) is 0 Å². The van der Waals surface area contributed by atoms with Gasteiger partial charge in [0.05, 0.1) is 6.10 Å². The molecule has 104 valence electrons. The summed E-state index contributed by atoms with van der Waals surface area (Å²) < 4.78 is 22.0. The van der Waals surface area contributed by atoms with Gasteiger partial charge in [0.2, 0.25) is 0 Å². The van der Waals surface area contributed by atoms with E-state index in [9.17, 15) is 13.5 Å². The highest BCUT2D eigenvalue weighted by Crippen LogP contribution is 2.22. The van der Waals surface area contributed by atoms with Crippen molar-refractivity contribution in [1.82, 2.24) is 4.90 Å². The molecule has 0 saturated heterocycles. The Hall–Kier alpha value is -0.130. The van der Waals surface area contributed by atoms with Crippen LogP contribution in [0.2, 0.25) is 0 Å². The number of sulfone groups is 1. The smallest absolute Gasteiger partial charge is 0.147 e. The molecule has 0 amide bonds. The Labute approximate surface area is 106 Å². The fraction of sp³-hybridized carbons (Fsp3) is 1.00. The van der Waals surface area contributed by atoms with Gasteiger partial charge in [0.1, 0.15) is 9.84 Å². The Morgan fingerprint density at radius 3 is 2.06 bits per heavy atom. The van der Waals surface area contributed by atoms with Crippen LogP contribution in [0.5, 0.6) is 0 Å². The first-order valence-electron chi connectivity index (χ1n) is 6.26. The van der Waals surface area contributed by atoms with E-state index in [1.807, 2.05) is 13.8 Å². The molecule has 0 aliphatic carbocycles. The van der Waals surface area contributed by atoms with Crippen molar-refractivity contribution in [2.75, 3.05) is 25.1 Å². The molecule has 1 atom stereocenters. The number of likely N-dealkylation sites (N-methyl/N-ethyl adjacent to an activating group) is 1. The monoisotopic (exact) mass is 265 g/mol. The van der Waals surface area contributed by atoms with Gasteiger partial charge >= 0.3 is 0 Å². The highest BCUT2D eigenvalue weighted by atomic mass is 32.2. The summed E-state index contributed by atoms with van der Waals surface area (Å²) in [5, 5.41) is 10.2. The van der Waals surface area contributed by atoms with Gasteiger partial charge in [-0.1, -0.05) is 13.8 Å². The minimum absolute atomic E-state index is 0.151. The predicted molar refractivity (Wildman–Crippen MR) is 72.0 cm³/mol. The van der Waals surface area contributed by atoms with Crippen molar-refractivity contribution in [3.63, 3.8) is 0 Å². The zero-order valence-corrected chi connectivity index (χ0v) is 12.5.